The molecule has 1 amide bonds. The van der Waals surface area contributed by atoms with E-state index in [-0.39, 0.29) is 11.9 Å². The second-order valence-electron chi connectivity index (χ2n) is 5.12. The number of amides is 1. The minimum atomic E-state index is -0.0556. The van der Waals surface area contributed by atoms with Gasteiger partial charge >= 0.3 is 0 Å². The van der Waals surface area contributed by atoms with Crippen LogP contribution in [0, 0.1) is 6.92 Å². The predicted octanol–water partition coefficient (Wildman–Crippen LogP) is 3.49. The summed E-state index contributed by atoms with van der Waals surface area (Å²) >= 11 is 8.85. The monoisotopic (exact) mass is 386 g/mol. The summed E-state index contributed by atoms with van der Waals surface area (Å²) in [6.45, 7) is 4.32. The highest BCUT2D eigenvalue weighted by atomic mass is 35.5. The first-order valence-corrected chi connectivity index (χ1v) is 9.44. The molecule has 0 saturated carbocycles. The number of nitrogens with zero attached hydrogens (tertiary/aromatic N) is 2. The average molecular weight is 387 g/mol. The van der Waals surface area contributed by atoms with E-state index in [9.17, 15) is 4.79 Å². The zero-order chi connectivity index (χ0) is 17.5. The van der Waals surface area contributed by atoms with Gasteiger partial charge in [0, 0.05) is 23.9 Å². The molecule has 1 atom stereocenters. The Bertz CT molecular complexity index is 696. The fourth-order valence-electron chi connectivity index (χ4n) is 1.91. The maximum absolute atomic E-state index is 11.8. The third-order valence-electron chi connectivity index (χ3n) is 3.07. The summed E-state index contributed by atoms with van der Waals surface area (Å²) in [5.74, 6) is 0.235. The molecule has 0 aliphatic carbocycles. The summed E-state index contributed by atoms with van der Waals surface area (Å²) < 4.78 is 5.71. The van der Waals surface area contributed by atoms with Crippen molar-refractivity contribution in [1.82, 2.24) is 15.5 Å². The van der Waals surface area contributed by atoms with Crippen molar-refractivity contribution in [2.45, 2.75) is 24.2 Å². The van der Waals surface area contributed by atoms with Gasteiger partial charge in [-0.2, -0.15) is 0 Å². The molecule has 2 N–H and O–H groups in total. The van der Waals surface area contributed by atoms with Crippen LogP contribution in [0.15, 0.2) is 22.5 Å². The molecule has 2 aromatic rings. The first kappa shape index (κ1) is 19.0. The van der Waals surface area contributed by atoms with E-state index < -0.39 is 0 Å². The molecule has 0 aliphatic rings. The topological polar surface area (TPSA) is 76.1 Å². The van der Waals surface area contributed by atoms with Gasteiger partial charge in [0.25, 0.3) is 0 Å². The van der Waals surface area contributed by atoms with E-state index in [0.717, 1.165) is 15.6 Å². The number of halogens is 1. The normalized spacial score (nSPS) is 12.0. The van der Waals surface area contributed by atoms with Crippen molar-refractivity contribution in [1.29, 1.82) is 0 Å². The molecule has 0 spiro atoms. The molecule has 130 valence electrons. The van der Waals surface area contributed by atoms with Crippen LogP contribution < -0.4 is 10.6 Å². The van der Waals surface area contributed by atoms with Crippen LogP contribution in [0.25, 0.3) is 0 Å². The van der Waals surface area contributed by atoms with Gasteiger partial charge in [-0.1, -0.05) is 40.8 Å². The van der Waals surface area contributed by atoms with Crippen molar-refractivity contribution < 1.29 is 9.53 Å². The molecule has 2 rings (SSSR count). The maximum Gasteiger partial charge on any atom is 0.230 e. The Labute approximate surface area is 154 Å². The summed E-state index contributed by atoms with van der Waals surface area (Å²) in [6, 6.07) is 5.63. The van der Waals surface area contributed by atoms with E-state index in [1.54, 1.807) is 7.11 Å². The molecule has 6 nitrogen and oxygen atoms in total. The van der Waals surface area contributed by atoms with Crippen LogP contribution in [0.2, 0.25) is 5.02 Å². The average Bonchev–Trinajstić information content (AvgIpc) is 2.98. The van der Waals surface area contributed by atoms with E-state index in [4.69, 9.17) is 16.3 Å². The first-order chi connectivity index (χ1) is 11.5. The molecule has 1 heterocycles. The van der Waals surface area contributed by atoms with E-state index in [0.29, 0.717) is 22.5 Å². The Morgan fingerprint density at radius 1 is 1.46 bits per heavy atom. The lowest BCUT2D eigenvalue weighted by atomic mass is 10.2. The summed E-state index contributed by atoms with van der Waals surface area (Å²) in [6.07, 6.45) is 0. The molecule has 0 radical (unpaired) electrons. The zero-order valence-electron chi connectivity index (χ0n) is 13.6. The lowest BCUT2D eigenvalue weighted by Crippen LogP contribution is -2.36. The standard InChI is InChI=1S/C15H19ClN4O2S2/c1-9(7-22-3)17-13(21)8-23-15-20-19-14(24-15)18-12-6-4-5-11(16)10(12)2/h4-6,9H,7-8H2,1-3H3,(H,17,21)(H,18,19)/t9-/m1/s1. The van der Waals surface area contributed by atoms with E-state index >= 15 is 0 Å². The number of anilines is 2. The Hall–Kier alpha value is -1.35. The third kappa shape index (κ3) is 5.62. The molecule has 0 bridgehead atoms. The second-order valence-corrected chi connectivity index (χ2v) is 7.73. The summed E-state index contributed by atoms with van der Waals surface area (Å²) in [5.41, 5.74) is 1.84. The zero-order valence-corrected chi connectivity index (χ0v) is 16.0. The van der Waals surface area contributed by atoms with Crippen LogP contribution in [-0.4, -0.2) is 41.6 Å². The van der Waals surface area contributed by atoms with Crippen molar-refractivity contribution in [2.24, 2.45) is 0 Å². The molecule has 0 unspecified atom stereocenters. The number of rotatable bonds is 8. The van der Waals surface area contributed by atoms with E-state index in [1.807, 2.05) is 32.0 Å². The predicted molar refractivity (Wildman–Crippen MR) is 99.6 cm³/mol. The molecular formula is C15H19ClN4O2S2. The van der Waals surface area contributed by atoms with E-state index in [2.05, 4.69) is 20.8 Å². The lowest BCUT2D eigenvalue weighted by Gasteiger charge is -2.11. The van der Waals surface area contributed by atoms with Gasteiger partial charge in [-0.15, -0.1) is 10.2 Å². The van der Waals surface area contributed by atoms with Crippen molar-refractivity contribution >= 4 is 51.4 Å². The van der Waals surface area contributed by atoms with Crippen molar-refractivity contribution in [2.75, 3.05) is 24.8 Å². The highest BCUT2D eigenvalue weighted by molar-refractivity contribution is 8.01. The number of thioether (sulfide) groups is 1. The molecule has 0 aliphatic heterocycles. The fraction of sp³-hybridized carbons (Fsp3) is 0.400. The summed E-state index contributed by atoms with van der Waals surface area (Å²) in [7, 11) is 1.61. The van der Waals surface area contributed by atoms with Crippen LogP contribution in [0.1, 0.15) is 12.5 Å². The maximum atomic E-state index is 11.8. The number of hydrogen-bond acceptors (Lipinski definition) is 7. The van der Waals surface area contributed by atoms with Gasteiger partial charge in [-0.25, -0.2) is 0 Å². The van der Waals surface area contributed by atoms with Crippen molar-refractivity contribution in [3.63, 3.8) is 0 Å². The van der Waals surface area contributed by atoms with Gasteiger partial charge in [0.15, 0.2) is 4.34 Å². The van der Waals surface area contributed by atoms with Crippen molar-refractivity contribution in [3.05, 3.63) is 28.8 Å². The van der Waals surface area contributed by atoms with Crippen LogP contribution in [0.4, 0.5) is 10.8 Å². The number of nitrogens with one attached hydrogen (secondary N) is 2. The van der Waals surface area contributed by atoms with Crippen molar-refractivity contribution in [3.8, 4) is 0 Å². The number of carbonyl (C=O) groups is 1. The van der Waals surface area contributed by atoms with Crippen LogP contribution >= 0.6 is 34.7 Å². The van der Waals surface area contributed by atoms with E-state index in [1.165, 1.54) is 23.1 Å². The Morgan fingerprint density at radius 2 is 2.25 bits per heavy atom. The Kier molecular flexibility index (Phi) is 7.29. The van der Waals surface area contributed by atoms with Gasteiger partial charge in [0.2, 0.25) is 11.0 Å². The SMILES string of the molecule is COC[C@@H](C)NC(=O)CSc1nnc(Nc2cccc(Cl)c2C)s1. The van der Waals surface area contributed by atoms with Gasteiger partial charge in [0.05, 0.1) is 12.4 Å². The minimum absolute atomic E-state index is 0.0134. The molecule has 1 aromatic carbocycles. The van der Waals surface area contributed by atoms with Crippen LogP contribution in [0.3, 0.4) is 0 Å². The quantitative estimate of drug-likeness (QED) is 0.676. The Morgan fingerprint density at radius 3 is 3.00 bits per heavy atom. The minimum Gasteiger partial charge on any atom is -0.383 e. The summed E-state index contributed by atoms with van der Waals surface area (Å²) in [4.78, 5) is 11.8. The molecule has 9 heteroatoms. The molecule has 0 saturated heterocycles. The molecule has 1 aromatic heterocycles. The smallest absolute Gasteiger partial charge is 0.230 e. The third-order valence-corrected chi connectivity index (χ3v) is 5.45. The van der Waals surface area contributed by atoms with Gasteiger partial charge in [0.1, 0.15) is 0 Å². The molecule has 0 fully saturated rings. The highest BCUT2D eigenvalue weighted by Gasteiger charge is 2.11. The number of benzene rings is 1. The number of carbonyl (C=O) groups excluding carboxylic acids is 1. The van der Waals surface area contributed by atoms with Gasteiger partial charge in [-0.05, 0) is 31.5 Å². The first-order valence-electron chi connectivity index (χ1n) is 7.26. The van der Waals surface area contributed by atoms with Gasteiger partial charge < -0.3 is 15.4 Å². The second kappa shape index (κ2) is 9.22. The number of methoxy groups -OCH3 is 1. The fourth-order valence-corrected chi connectivity index (χ4v) is 3.66. The summed E-state index contributed by atoms with van der Waals surface area (Å²) in [5, 5.41) is 15.6. The number of ether oxygens (including phenoxy) is 1. The van der Waals surface area contributed by atoms with Crippen LogP contribution in [-0.2, 0) is 9.53 Å². The lowest BCUT2D eigenvalue weighted by molar-refractivity contribution is -0.119. The number of aromatic nitrogens is 2. The van der Waals surface area contributed by atoms with Gasteiger partial charge in [-0.3, -0.25) is 4.79 Å². The largest absolute Gasteiger partial charge is 0.383 e. The highest BCUT2D eigenvalue weighted by Crippen LogP contribution is 2.30. The molecular weight excluding hydrogens is 368 g/mol. The Balaban J connectivity index is 1.87. The number of hydrogen-bond donors (Lipinski definition) is 2. The van der Waals surface area contributed by atoms with Crippen LogP contribution in [0.5, 0.6) is 0 Å². The molecule has 24 heavy (non-hydrogen) atoms.